The number of carbonyl (C=O) groups excluding carboxylic acids is 1. The summed E-state index contributed by atoms with van der Waals surface area (Å²) in [5.74, 6) is 1.87. The third-order valence-corrected chi connectivity index (χ3v) is 6.83. The van der Waals surface area contributed by atoms with Crippen LogP contribution < -0.4 is 9.47 Å². The van der Waals surface area contributed by atoms with Gasteiger partial charge in [-0.3, -0.25) is 9.69 Å². The van der Waals surface area contributed by atoms with Crippen molar-refractivity contribution >= 4 is 5.91 Å². The average molecular weight is 425 g/mol. The number of carbonyl (C=O) groups is 1. The fourth-order valence-corrected chi connectivity index (χ4v) is 4.89. The van der Waals surface area contributed by atoms with Gasteiger partial charge in [-0.1, -0.05) is 30.3 Å². The van der Waals surface area contributed by atoms with Crippen molar-refractivity contribution in [2.45, 2.75) is 24.3 Å². The minimum Gasteiger partial charge on any atom is -0.497 e. The molecule has 166 valence electrons. The van der Waals surface area contributed by atoms with Crippen LogP contribution in [0.3, 0.4) is 0 Å². The lowest BCUT2D eigenvalue weighted by molar-refractivity contribution is -0.144. The van der Waals surface area contributed by atoms with Crippen LogP contribution in [0.5, 0.6) is 11.5 Å². The van der Waals surface area contributed by atoms with E-state index in [1.807, 2.05) is 47.4 Å². The number of methoxy groups -OCH3 is 2. The summed E-state index contributed by atoms with van der Waals surface area (Å²) < 4.78 is 16.6. The Balaban J connectivity index is 1.63. The lowest BCUT2D eigenvalue weighted by atomic mass is 9.72. The molecule has 2 aliphatic rings. The van der Waals surface area contributed by atoms with Gasteiger partial charge in [-0.2, -0.15) is 0 Å². The highest BCUT2D eigenvalue weighted by Crippen LogP contribution is 2.39. The molecule has 4 rings (SSSR count). The van der Waals surface area contributed by atoms with E-state index in [-0.39, 0.29) is 11.9 Å². The molecule has 0 saturated carbocycles. The lowest BCUT2D eigenvalue weighted by Gasteiger charge is -2.45. The Kier molecular flexibility index (Phi) is 6.49. The number of amides is 1. The van der Waals surface area contributed by atoms with E-state index in [1.54, 1.807) is 14.2 Å². The second-order valence-electron chi connectivity index (χ2n) is 8.41. The first kappa shape index (κ1) is 21.7. The monoisotopic (exact) mass is 424 g/mol. The van der Waals surface area contributed by atoms with Gasteiger partial charge in [0.25, 0.3) is 0 Å². The molecule has 2 saturated heterocycles. The van der Waals surface area contributed by atoms with Crippen molar-refractivity contribution in [3.8, 4) is 11.5 Å². The molecule has 1 amide bonds. The van der Waals surface area contributed by atoms with Crippen molar-refractivity contribution in [2.75, 3.05) is 54.1 Å². The van der Waals surface area contributed by atoms with Crippen LogP contribution in [0.25, 0.3) is 0 Å². The number of ether oxygens (including phenoxy) is 3. The quantitative estimate of drug-likeness (QED) is 0.737. The first-order valence-electron chi connectivity index (χ1n) is 10.9. The smallest absolute Gasteiger partial charge is 0.233 e. The Morgan fingerprint density at radius 2 is 1.71 bits per heavy atom. The second-order valence-corrected chi connectivity index (χ2v) is 8.41. The van der Waals surface area contributed by atoms with Gasteiger partial charge >= 0.3 is 0 Å². The number of nitrogens with zero attached hydrogens (tertiary/aromatic N) is 2. The van der Waals surface area contributed by atoms with E-state index >= 15 is 0 Å². The zero-order chi connectivity index (χ0) is 21.8. The topological polar surface area (TPSA) is 51.2 Å². The van der Waals surface area contributed by atoms with Gasteiger partial charge in [0.05, 0.1) is 25.7 Å². The van der Waals surface area contributed by atoms with Gasteiger partial charge < -0.3 is 19.1 Å². The van der Waals surface area contributed by atoms with Gasteiger partial charge in [-0.15, -0.1) is 0 Å². The maximum Gasteiger partial charge on any atom is 0.233 e. The zero-order valence-corrected chi connectivity index (χ0v) is 18.7. The Hall–Kier alpha value is -2.57. The number of likely N-dealkylation sites (N-methyl/N-ethyl adjacent to an activating group) is 1. The van der Waals surface area contributed by atoms with Crippen molar-refractivity contribution in [1.82, 2.24) is 9.80 Å². The van der Waals surface area contributed by atoms with E-state index in [0.29, 0.717) is 32.6 Å². The zero-order valence-electron chi connectivity index (χ0n) is 18.7. The number of rotatable bonds is 5. The molecule has 1 atom stereocenters. The molecule has 0 bridgehead atoms. The van der Waals surface area contributed by atoms with Gasteiger partial charge in [0.15, 0.2) is 0 Å². The SMILES string of the molecule is COc1ccc(C2(C(=O)N3CCN(C)[C@H](c4ccccc4OC)C3)CCOCC2)cc1. The summed E-state index contributed by atoms with van der Waals surface area (Å²) in [7, 11) is 5.48. The van der Waals surface area contributed by atoms with E-state index in [0.717, 1.165) is 35.7 Å². The first-order valence-corrected chi connectivity index (χ1v) is 10.9. The lowest BCUT2D eigenvalue weighted by Crippen LogP contribution is -2.56. The summed E-state index contributed by atoms with van der Waals surface area (Å²) in [6, 6.07) is 16.2. The molecule has 0 spiro atoms. The molecular weight excluding hydrogens is 392 g/mol. The Bertz CT molecular complexity index is 893. The van der Waals surface area contributed by atoms with Crippen LogP contribution >= 0.6 is 0 Å². The van der Waals surface area contributed by atoms with Crippen LogP contribution in [0.15, 0.2) is 48.5 Å². The fourth-order valence-electron chi connectivity index (χ4n) is 4.89. The van der Waals surface area contributed by atoms with Crippen molar-refractivity contribution in [2.24, 2.45) is 0 Å². The fraction of sp³-hybridized carbons (Fsp3) is 0.480. The summed E-state index contributed by atoms with van der Waals surface area (Å²) in [5, 5.41) is 0. The minimum atomic E-state index is -0.550. The molecule has 0 N–H and O–H groups in total. The summed E-state index contributed by atoms with van der Waals surface area (Å²) in [4.78, 5) is 18.4. The van der Waals surface area contributed by atoms with E-state index in [2.05, 4.69) is 18.0 Å². The Morgan fingerprint density at radius 1 is 1.00 bits per heavy atom. The molecule has 2 aromatic rings. The molecule has 0 unspecified atom stereocenters. The van der Waals surface area contributed by atoms with Crippen molar-refractivity contribution in [1.29, 1.82) is 0 Å². The number of hydrogen-bond donors (Lipinski definition) is 0. The molecule has 0 radical (unpaired) electrons. The summed E-state index contributed by atoms with van der Waals surface area (Å²) in [6.45, 7) is 3.39. The summed E-state index contributed by atoms with van der Waals surface area (Å²) in [6.07, 6.45) is 1.40. The molecule has 2 heterocycles. The molecule has 31 heavy (non-hydrogen) atoms. The van der Waals surface area contributed by atoms with Crippen LogP contribution in [0.2, 0.25) is 0 Å². The van der Waals surface area contributed by atoms with E-state index in [1.165, 1.54) is 0 Å². The van der Waals surface area contributed by atoms with Gasteiger partial charge in [-0.05, 0) is 43.7 Å². The van der Waals surface area contributed by atoms with Crippen LogP contribution in [0.1, 0.15) is 30.0 Å². The van der Waals surface area contributed by atoms with Crippen molar-refractivity contribution in [3.63, 3.8) is 0 Å². The number of hydrogen-bond acceptors (Lipinski definition) is 5. The predicted octanol–water partition coefficient (Wildman–Crippen LogP) is 3.27. The highest BCUT2D eigenvalue weighted by Gasteiger charge is 2.45. The van der Waals surface area contributed by atoms with E-state index < -0.39 is 5.41 Å². The van der Waals surface area contributed by atoms with E-state index in [4.69, 9.17) is 14.2 Å². The number of benzene rings is 2. The van der Waals surface area contributed by atoms with Gasteiger partial charge in [0.1, 0.15) is 11.5 Å². The second kappa shape index (κ2) is 9.28. The standard InChI is InChI=1S/C25H32N2O4/c1-26-14-15-27(18-22(26)21-6-4-5-7-23(21)30-3)24(28)25(12-16-31-17-13-25)19-8-10-20(29-2)11-9-19/h4-11,22H,12-18H2,1-3H3/t22-/m0/s1. The van der Waals surface area contributed by atoms with Crippen LogP contribution in [0, 0.1) is 0 Å². The van der Waals surface area contributed by atoms with Crippen molar-refractivity contribution < 1.29 is 19.0 Å². The molecular formula is C25H32N2O4. The predicted molar refractivity (Wildman–Crippen MR) is 120 cm³/mol. The van der Waals surface area contributed by atoms with Gasteiger partial charge in [-0.25, -0.2) is 0 Å². The largest absolute Gasteiger partial charge is 0.497 e. The average Bonchev–Trinajstić information content (AvgIpc) is 2.84. The molecule has 0 aromatic heterocycles. The molecule has 6 heteroatoms. The first-order chi connectivity index (χ1) is 15.1. The molecule has 2 aromatic carbocycles. The minimum absolute atomic E-state index is 0.0987. The normalized spacial score (nSPS) is 21.5. The molecule has 2 fully saturated rings. The summed E-state index contributed by atoms with van der Waals surface area (Å²) in [5.41, 5.74) is 1.62. The third-order valence-electron chi connectivity index (χ3n) is 6.83. The van der Waals surface area contributed by atoms with Crippen LogP contribution in [-0.2, 0) is 14.9 Å². The van der Waals surface area contributed by atoms with Gasteiger partial charge in [0, 0.05) is 38.4 Å². The highest BCUT2D eigenvalue weighted by atomic mass is 16.5. The maximum atomic E-state index is 14.1. The Morgan fingerprint density at radius 3 is 2.39 bits per heavy atom. The van der Waals surface area contributed by atoms with Crippen LogP contribution in [-0.4, -0.2) is 69.8 Å². The highest BCUT2D eigenvalue weighted by molar-refractivity contribution is 5.88. The molecule has 0 aliphatic carbocycles. The van der Waals surface area contributed by atoms with Gasteiger partial charge in [0.2, 0.25) is 5.91 Å². The summed E-state index contributed by atoms with van der Waals surface area (Å²) >= 11 is 0. The maximum absolute atomic E-state index is 14.1. The third kappa shape index (κ3) is 4.14. The van der Waals surface area contributed by atoms with Crippen molar-refractivity contribution in [3.05, 3.63) is 59.7 Å². The molecule has 6 nitrogen and oxygen atoms in total. The number of para-hydroxylation sites is 1. The van der Waals surface area contributed by atoms with E-state index in [9.17, 15) is 4.79 Å². The Labute approximate surface area is 184 Å². The van der Waals surface area contributed by atoms with Crippen LogP contribution in [0.4, 0.5) is 0 Å². The number of piperazine rings is 1. The molecule has 2 aliphatic heterocycles.